The first-order valence-corrected chi connectivity index (χ1v) is 4.75. The summed E-state index contributed by atoms with van der Waals surface area (Å²) in [7, 11) is 1.63. The number of rotatable bonds is 3. The molecule has 0 unspecified atom stereocenters. The van der Waals surface area contributed by atoms with Crippen molar-refractivity contribution < 1.29 is 14.6 Å². The zero-order chi connectivity index (χ0) is 9.97. The minimum absolute atomic E-state index is 0.0246. The van der Waals surface area contributed by atoms with Crippen LogP contribution in [-0.4, -0.2) is 24.9 Å². The molecule has 1 fully saturated rings. The molecule has 3 nitrogen and oxygen atoms in total. The van der Waals surface area contributed by atoms with Gasteiger partial charge in [-0.15, -0.1) is 0 Å². The molecule has 76 valence electrons. The summed E-state index contributed by atoms with van der Waals surface area (Å²) < 4.78 is 10.3. The summed E-state index contributed by atoms with van der Waals surface area (Å²) in [5.74, 6) is 0.801. The number of hydrogen-bond acceptors (Lipinski definition) is 3. The minimum Gasteiger partial charge on any atom is -0.497 e. The first kappa shape index (κ1) is 9.49. The molecule has 1 saturated heterocycles. The molecule has 0 radical (unpaired) electrons. The van der Waals surface area contributed by atoms with Gasteiger partial charge in [0.15, 0.2) is 0 Å². The molecule has 2 atom stereocenters. The zero-order valence-corrected chi connectivity index (χ0v) is 8.14. The van der Waals surface area contributed by atoms with Crippen LogP contribution in [0, 0.1) is 0 Å². The first-order chi connectivity index (χ1) is 6.81. The van der Waals surface area contributed by atoms with Crippen LogP contribution in [0.3, 0.4) is 0 Å². The highest BCUT2D eigenvalue weighted by Gasteiger charge is 2.27. The predicted octanol–water partition coefficient (Wildman–Crippen LogP) is 1.52. The molecule has 3 heteroatoms. The van der Waals surface area contributed by atoms with Gasteiger partial charge in [0, 0.05) is 6.61 Å². The molecule has 14 heavy (non-hydrogen) atoms. The highest BCUT2D eigenvalue weighted by molar-refractivity contribution is 5.29. The quantitative estimate of drug-likeness (QED) is 0.792. The molecule has 0 aliphatic carbocycles. The molecule has 1 aliphatic rings. The van der Waals surface area contributed by atoms with Gasteiger partial charge in [0.2, 0.25) is 0 Å². The molecular weight excluding hydrogens is 180 g/mol. The Morgan fingerprint density at radius 2 is 2.07 bits per heavy atom. The Hall–Kier alpha value is -1.06. The highest BCUT2D eigenvalue weighted by atomic mass is 16.5. The van der Waals surface area contributed by atoms with E-state index in [0.29, 0.717) is 0 Å². The molecule has 1 aliphatic heterocycles. The molecule has 1 aromatic carbocycles. The van der Waals surface area contributed by atoms with Gasteiger partial charge in [-0.3, -0.25) is 0 Å². The third-order valence-electron chi connectivity index (χ3n) is 2.54. The molecule has 0 amide bonds. The van der Waals surface area contributed by atoms with E-state index in [1.165, 1.54) is 0 Å². The van der Waals surface area contributed by atoms with Crippen LogP contribution < -0.4 is 4.74 Å². The maximum Gasteiger partial charge on any atom is 0.118 e. The summed E-state index contributed by atoms with van der Waals surface area (Å²) in [6.07, 6.45) is 0.408. The Labute approximate surface area is 83.3 Å². The third kappa shape index (κ3) is 1.74. The van der Waals surface area contributed by atoms with Crippen molar-refractivity contribution in [2.75, 3.05) is 13.7 Å². The monoisotopic (exact) mass is 194 g/mol. The van der Waals surface area contributed by atoms with Gasteiger partial charge in [-0.25, -0.2) is 0 Å². The fourth-order valence-electron chi connectivity index (χ4n) is 1.52. The second-order valence-corrected chi connectivity index (χ2v) is 3.42. The maximum absolute atomic E-state index is 9.84. The number of methoxy groups -OCH3 is 1. The topological polar surface area (TPSA) is 38.7 Å². The summed E-state index contributed by atoms with van der Waals surface area (Å²) in [6.45, 7) is 0.762. The largest absolute Gasteiger partial charge is 0.497 e. The lowest BCUT2D eigenvalue weighted by Crippen LogP contribution is -2.32. The van der Waals surface area contributed by atoms with E-state index in [1.807, 2.05) is 24.3 Å². The van der Waals surface area contributed by atoms with E-state index in [1.54, 1.807) is 7.11 Å². The van der Waals surface area contributed by atoms with Crippen LogP contribution in [0.25, 0.3) is 0 Å². The van der Waals surface area contributed by atoms with Gasteiger partial charge in [0.1, 0.15) is 11.9 Å². The molecular formula is C11H14O3. The summed E-state index contributed by atoms with van der Waals surface area (Å²) in [5, 5.41) is 9.84. The van der Waals surface area contributed by atoms with Crippen molar-refractivity contribution in [1.29, 1.82) is 0 Å². The van der Waals surface area contributed by atoms with Crippen LogP contribution in [0.5, 0.6) is 5.75 Å². The molecule has 0 spiro atoms. The van der Waals surface area contributed by atoms with E-state index in [9.17, 15) is 5.11 Å². The average molecular weight is 194 g/mol. The lowest BCUT2D eigenvalue weighted by Gasteiger charge is -2.31. The zero-order valence-electron chi connectivity index (χ0n) is 8.14. The van der Waals surface area contributed by atoms with E-state index in [2.05, 4.69) is 0 Å². The molecule has 1 heterocycles. The Morgan fingerprint density at radius 3 is 2.50 bits per heavy atom. The van der Waals surface area contributed by atoms with E-state index in [0.717, 1.165) is 24.3 Å². The van der Waals surface area contributed by atoms with Gasteiger partial charge in [0.25, 0.3) is 0 Å². The van der Waals surface area contributed by atoms with E-state index in [4.69, 9.17) is 9.47 Å². The normalized spacial score (nSPS) is 22.6. The van der Waals surface area contributed by atoms with Crippen molar-refractivity contribution in [2.24, 2.45) is 0 Å². The van der Waals surface area contributed by atoms with Crippen LogP contribution >= 0.6 is 0 Å². The summed E-state index contributed by atoms with van der Waals surface area (Å²) in [5.41, 5.74) is 0.885. The van der Waals surface area contributed by atoms with Crippen molar-refractivity contribution in [3.05, 3.63) is 29.8 Å². The van der Waals surface area contributed by atoms with Crippen molar-refractivity contribution in [3.63, 3.8) is 0 Å². The summed E-state index contributed by atoms with van der Waals surface area (Å²) in [4.78, 5) is 0. The van der Waals surface area contributed by atoms with E-state index >= 15 is 0 Å². The van der Waals surface area contributed by atoms with Gasteiger partial charge in [0.05, 0.1) is 13.2 Å². The van der Waals surface area contributed by atoms with Crippen LogP contribution in [0.4, 0.5) is 0 Å². The lowest BCUT2D eigenvalue weighted by atomic mass is 9.99. The molecule has 0 bridgehead atoms. The van der Waals surface area contributed by atoms with Gasteiger partial charge in [-0.05, 0) is 24.1 Å². The SMILES string of the molecule is COc1ccc([C@H](O)[C@H]2CCO2)cc1. The number of aliphatic hydroxyl groups is 1. The van der Waals surface area contributed by atoms with Gasteiger partial charge >= 0.3 is 0 Å². The Bertz CT molecular complexity index is 290. The Kier molecular flexibility index (Phi) is 2.70. The van der Waals surface area contributed by atoms with E-state index in [-0.39, 0.29) is 6.10 Å². The standard InChI is InChI=1S/C11H14O3/c1-13-9-4-2-8(3-5-9)11(12)10-6-7-14-10/h2-5,10-12H,6-7H2,1H3/t10-,11+/m1/s1. The molecule has 1 aromatic rings. The number of ether oxygens (including phenoxy) is 2. The number of benzene rings is 1. The molecule has 0 saturated carbocycles. The molecule has 2 rings (SSSR count). The van der Waals surface area contributed by atoms with E-state index < -0.39 is 6.10 Å². The summed E-state index contributed by atoms with van der Waals surface area (Å²) in [6, 6.07) is 7.42. The average Bonchev–Trinajstić information content (AvgIpc) is 2.15. The Morgan fingerprint density at radius 1 is 1.43 bits per heavy atom. The maximum atomic E-state index is 9.84. The fraction of sp³-hybridized carbons (Fsp3) is 0.455. The fourth-order valence-corrected chi connectivity index (χ4v) is 1.52. The second kappa shape index (κ2) is 3.98. The third-order valence-corrected chi connectivity index (χ3v) is 2.54. The van der Waals surface area contributed by atoms with Crippen LogP contribution in [0.2, 0.25) is 0 Å². The first-order valence-electron chi connectivity index (χ1n) is 4.75. The molecule has 0 aromatic heterocycles. The van der Waals surface area contributed by atoms with Crippen LogP contribution in [0.1, 0.15) is 18.1 Å². The predicted molar refractivity (Wildman–Crippen MR) is 52.3 cm³/mol. The van der Waals surface area contributed by atoms with Gasteiger partial charge in [-0.2, -0.15) is 0 Å². The smallest absolute Gasteiger partial charge is 0.118 e. The van der Waals surface area contributed by atoms with Crippen LogP contribution in [0.15, 0.2) is 24.3 Å². The van der Waals surface area contributed by atoms with Crippen LogP contribution in [-0.2, 0) is 4.74 Å². The highest BCUT2D eigenvalue weighted by Crippen LogP contribution is 2.27. The van der Waals surface area contributed by atoms with Gasteiger partial charge in [-0.1, -0.05) is 12.1 Å². The lowest BCUT2D eigenvalue weighted by molar-refractivity contribution is -0.118. The van der Waals surface area contributed by atoms with Crippen molar-refractivity contribution in [1.82, 2.24) is 0 Å². The number of hydrogen-bond donors (Lipinski definition) is 1. The summed E-state index contributed by atoms with van der Waals surface area (Å²) >= 11 is 0. The van der Waals surface area contributed by atoms with Crippen molar-refractivity contribution >= 4 is 0 Å². The van der Waals surface area contributed by atoms with Crippen molar-refractivity contribution in [3.8, 4) is 5.75 Å². The second-order valence-electron chi connectivity index (χ2n) is 3.42. The van der Waals surface area contributed by atoms with Gasteiger partial charge < -0.3 is 14.6 Å². The minimum atomic E-state index is -0.505. The van der Waals surface area contributed by atoms with Crippen molar-refractivity contribution in [2.45, 2.75) is 18.6 Å². The number of aliphatic hydroxyl groups excluding tert-OH is 1. The Balaban J connectivity index is 2.07. The molecule has 1 N–H and O–H groups in total.